The predicted octanol–water partition coefficient (Wildman–Crippen LogP) is 2.26. The Kier molecular flexibility index (Phi) is 5.98. The molecule has 34 heavy (non-hydrogen) atoms. The summed E-state index contributed by atoms with van der Waals surface area (Å²) in [6.45, 7) is 5.30. The van der Waals surface area contributed by atoms with E-state index in [1.807, 2.05) is 32.0 Å². The standard InChI is InChI=1S/C24H27N5O4S/c1-14-5-3-6-15(2)22(14)18-12-21-28-24(27-18)29-34(31,32)17-8-4-7-16(11-17)23(30)26-19-13-25-10-9-20(19)33-21/h3-8,11-12,19-20,23,25-26,30H,9-10,13H2,1-2H3,(H,27,28,29)/t19-,20-,23?/m1/s1. The van der Waals surface area contributed by atoms with Crippen LogP contribution in [0.2, 0.25) is 0 Å². The molecule has 2 aromatic carbocycles. The summed E-state index contributed by atoms with van der Waals surface area (Å²) < 4.78 is 35.1. The zero-order chi connectivity index (χ0) is 23.9. The Morgan fingerprint density at radius 1 is 1.06 bits per heavy atom. The highest BCUT2D eigenvalue weighted by atomic mass is 32.2. The van der Waals surface area contributed by atoms with Crippen molar-refractivity contribution in [3.05, 3.63) is 65.2 Å². The third-order valence-corrected chi connectivity index (χ3v) is 7.54. The monoisotopic (exact) mass is 481 g/mol. The Hall–Kier alpha value is -3.05. The first kappa shape index (κ1) is 22.7. The van der Waals surface area contributed by atoms with Crippen molar-refractivity contribution in [2.75, 3.05) is 17.8 Å². The number of benzene rings is 2. The van der Waals surface area contributed by atoms with Gasteiger partial charge in [-0.1, -0.05) is 30.3 Å². The highest BCUT2D eigenvalue weighted by molar-refractivity contribution is 7.92. The molecule has 0 aliphatic carbocycles. The summed E-state index contributed by atoms with van der Waals surface area (Å²) >= 11 is 0. The first-order valence-electron chi connectivity index (χ1n) is 11.2. The van der Waals surface area contributed by atoms with Crippen LogP contribution in [0, 0.1) is 13.8 Å². The molecule has 4 N–H and O–H groups in total. The average Bonchev–Trinajstić information content (AvgIpc) is 2.79. The summed E-state index contributed by atoms with van der Waals surface area (Å²) in [4.78, 5) is 8.94. The van der Waals surface area contributed by atoms with Gasteiger partial charge in [-0.25, -0.2) is 18.1 Å². The van der Waals surface area contributed by atoms with E-state index in [1.54, 1.807) is 18.2 Å². The van der Waals surface area contributed by atoms with E-state index in [9.17, 15) is 13.5 Å². The molecule has 1 unspecified atom stereocenters. The molecule has 0 amide bonds. The Morgan fingerprint density at radius 3 is 2.62 bits per heavy atom. The van der Waals surface area contributed by atoms with Crippen molar-refractivity contribution in [1.82, 2.24) is 20.6 Å². The number of aryl methyl sites for hydroxylation is 2. The molecule has 9 nitrogen and oxygen atoms in total. The van der Waals surface area contributed by atoms with Crippen molar-refractivity contribution in [2.24, 2.45) is 0 Å². The zero-order valence-corrected chi connectivity index (χ0v) is 19.8. The third-order valence-electron chi connectivity index (χ3n) is 6.21. The van der Waals surface area contributed by atoms with Crippen LogP contribution in [0.15, 0.2) is 53.4 Å². The Bertz CT molecular complexity index is 1310. The van der Waals surface area contributed by atoms with Crippen molar-refractivity contribution >= 4 is 16.0 Å². The summed E-state index contributed by atoms with van der Waals surface area (Å²) in [5, 5.41) is 17.3. The van der Waals surface area contributed by atoms with E-state index in [2.05, 4.69) is 25.3 Å². The number of anilines is 1. The summed E-state index contributed by atoms with van der Waals surface area (Å²) in [5.74, 6) is 0.197. The van der Waals surface area contributed by atoms with Crippen LogP contribution in [0.1, 0.15) is 29.3 Å². The predicted molar refractivity (Wildman–Crippen MR) is 128 cm³/mol. The molecule has 1 fully saturated rings. The van der Waals surface area contributed by atoms with E-state index >= 15 is 0 Å². The summed E-state index contributed by atoms with van der Waals surface area (Å²) in [6.07, 6.45) is -0.662. The molecule has 0 spiro atoms. The number of rotatable bonds is 1. The molecule has 1 aromatic heterocycles. The lowest BCUT2D eigenvalue weighted by molar-refractivity contribution is 0.0595. The van der Waals surface area contributed by atoms with Gasteiger partial charge in [-0.05, 0) is 55.6 Å². The molecule has 10 heteroatoms. The van der Waals surface area contributed by atoms with Gasteiger partial charge in [0.2, 0.25) is 11.8 Å². The van der Waals surface area contributed by atoms with Crippen LogP contribution in [-0.2, 0) is 10.0 Å². The molecule has 3 aromatic rings. The smallest absolute Gasteiger partial charge is 0.264 e. The number of aromatic nitrogens is 2. The first-order chi connectivity index (χ1) is 16.3. The second kappa shape index (κ2) is 8.95. The van der Waals surface area contributed by atoms with Gasteiger partial charge in [-0.2, -0.15) is 4.98 Å². The van der Waals surface area contributed by atoms with Crippen molar-refractivity contribution < 1.29 is 18.3 Å². The van der Waals surface area contributed by atoms with Crippen molar-refractivity contribution in [2.45, 2.75) is 43.5 Å². The number of aliphatic hydroxyl groups is 1. The molecule has 1 saturated heterocycles. The summed E-state index contributed by atoms with van der Waals surface area (Å²) in [5.41, 5.74) is 3.93. The van der Waals surface area contributed by atoms with Gasteiger partial charge in [0, 0.05) is 18.2 Å². The Morgan fingerprint density at radius 2 is 1.82 bits per heavy atom. The fraction of sp³-hybridized carbons (Fsp3) is 0.333. The lowest BCUT2D eigenvalue weighted by atomic mass is 10.00. The van der Waals surface area contributed by atoms with E-state index in [-0.39, 0.29) is 28.9 Å². The molecule has 3 atom stereocenters. The molecule has 3 heterocycles. The largest absolute Gasteiger partial charge is 0.472 e. The third kappa shape index (κ3) is 4.49. The maximum Gasteiger partial charge on any atom is 0.264 e. The van der Waals surface area contributed by atoms with Crippen LogP contribution in [0.5, 0.6) is 5.88 Å². The number of ether oxygens (including phenoxy) is 1. The number of fused-ring (bicyclic) bond motifs is 5. The van der Waals surface area contributed by atoms with Gasteiger partial charge in [-0.15, -0.1) is 0 Å². The maximum atomic E-state index is 13.2. The number of hydrogen-bond acceptors (Lipinski definition) is 8. The molecule has 0 radical (unpaired) electrons. The first-order valence-corrected chi connectivity index (χ1v) is 12.7. The average molecular weight is 482 g/mol. The fourth-order valence-corrected chi connectivity index (χ4v) is 5.50. The molecule has 0 saturated carbocycles. The lowest BCUT2D eigenvalue weighted by Crippen LogP contribution is -2.55. The fourth-order valence-electron chi connectivity index (χ4n) is 4.50. The number of sulfonamides is 1. The highest BCUT2D eigenvalue weighted by Gasteiger charge is 2.30. The number of hydrogen-bond donors (Lipinski definition) is 4. The molecule has 4 bridgehead atoms. The molecule has 5 rings (SSSR count). The molecular weight excluding hydrogens is 454 g/mol. The number of piperidine rings is 1. The lowest BCUT2D eigenvalue weighted by Gasteiger charge is -2.34. The van der Waals surface area contributed by atoms with Crippen molar-refractivity contribution in [3.63, 3.8) is 0 Å². The van der Waals surface area contributed by atoms with E-state index < -0.39 is 16.3 Å². The quantitative estimate of drug-likeness (QED) is 0.417. The Balaban J connectivity index is 1.67. The van der Waals surface area contributed by atoms with Crippen LogP contribution in [-0.4, -0.2) is 48.7 Å². The Labute approximate surface area is 198 Å². The van der Waals surface area contributed by atoms with E-state index in [0.717, 1.165) is 23.2 Å². The van der Waals surface area contributed by atoms with Crippen molar-refractivity contribution in [1.29, 1.82) is 0 Å². The maximum absolute atomic E-state index is 13.2. The topological polar surface area (TPSA) is 125 Å². The highest BCUT2D eigenvalue weighted by Crippen LogP contribution is 2.31. The van der Waals surface area contributed by atoms with Crippen LogP contribution in [0.4, 0.5) is 5.95 Å². The number of aliphatic hydroxyl groups excluding tert-OH is 1. The minimum absolute atomic E-state index is 0.00644. The van der Waals surface area contributed by atoms with Gasteiger partial charge < -0.3 is 15.2 Å². The number of nitrogens with zero attached hydrogens (tertiary/aromatic N) is 2. The minimum atomic E-state index is -4.01. The van der Waals surface area contributed by atoms with Crippen LogP contribution in [0.3, 0.4) is 0 Å². The number of nitrogens with one attached hydrogen (secondary N) is 3. The van der Waals surface area contributed by atoms with Crippen LogP contribution < -0.4 is 20.1 Å². The molecule has 2 aliphatic rings. The van der Waals surface area contributed by atoms with Gasteiger partial charge in [-0.3, -0.25) is 5.32 Å². The van der Waals surface area contributed by atoms with Gasteiger partial charge in [0.1, 0.15) is 12.3 Å². The van der Waals surface area contributed by atoms with Gasteiger partial charge in [0.15, 0.2) is 0 Å². The molecular formula is C24H27N5O4S. The SMILES string of the molecule is Cc1cccc(C)c1-c1cc2nc(n1)NS(=O)(=O)c1cccc(c1)C(O)N[C@@H]1CNCC[C@H]1O2. The second-order valence-corrected chi connectivity index (χ2v) is 10.4. The minimum Gasteiger partial charge on any atom is -0.472 e. The zero-order valence-electron chi connectivity index (χ0n) is 18.9. The van der Waals surface area contributed by atoms with Crippen LogP contribution >= 0.6 is 0 Å². The van der Waals surface area contributed by atoms with E-state index in [1.165, 1.54) is 12.1 Å². The molecule has 2 aliphatic heterocycles. The van der Waals surface area contributed by atoms with Crippen LogP contribution in [0.25, 0.3) is 11.3 Å². The summed E-state index contributed by atoms with van der Waals surface area (Å²) in [7, 11) is -4.01. The summed E-state index contributed by atoms with van der Waals surface area (Å²) in [6, 6.07) is 13.6. The normalized spacial score (nSPS) is 23.8. The van der Waals surface area contributed by atoms with Gasteiger partial charge in [0.05, 0.1) is 16.6 Å². The second-order valence-electron chi connectivity index (χ2n) is 8.68. The van der Waals surface area contributed by atoms with Crippen molar-refractivity contribution in [3.8, 4) is 17.1 Å². The van der Waals surface area contributed by atoms with E-state index in [4.69, 9.17) is 4.74 Å². The van der Waals surface area contributed by atoms with Gasteiger partial charge >= 0.3 is 0 Å². The van der Waals surface area contributed by atoms with E-state index in [0.29, 0.717) is 24.2 Å². The molecule has 178 valence electrons. The van der Waals surface area contributed by atoms with Gasteiger partial charge in [0.25, 0.3) is 10.0 Å².